The molecule has 0 amide bonds. The minimum absolute atomic E-state index is 0.554. The predicted octanol–water partition coefficient (Wildman–Crippen LogP) is 15.7. The summed E-state index contributed by atoms with van der Waals surface area (Å²) >= 11 is 0. The molecular weight excluding hydrogens is 817 g/mol. The van der Waals surface area contributed by atoms with Crippen LogP contribution in [0.4, 0.5) is 17.1 Å². The molecule has 12 aromatic rings. The lowest BCUT2D eigenvalue weighted by atomic mass is 9.64. The monoisotopic (exact) mass is 854 g/mol. The van der Waals surface area contributed by atoms with Crippen LogP contribution in [0.2, 0.25) is 0 Å². The number of nitrogens with zero attached hydrogens (tertiary/aromatic N) is 4. The summed E-state index contributed by atoms with van der Waals surface area (Å²) in [4.78, 5) is 7.88. The van der Waals surface area contributed by atoms with Crippen LogP contribution in [0.5, 0.6) is 0 Å². The summed E-state index contributed by atoms with van der Waals surface area (Å²) in [6.45, 7) is 0. The van der Waals surface area contributed by atoms with Crippen molar-refractivity contribution in [3.8, 4) is 56.2 Å². The number of hydrogen-bond acceptors (Lipinski definition) is 5. The first-order valence-corrected chi connectivity index (χ1v) is 22.8. The van der Waals surface area contributed by atoms with Gasteiger partial charge in [-0.2, -0.15) is 0 Å². The van der Waals surface area contributed by atoms with Gasteiger partial charge in [0.05, 0.1) is 16.8 Å². The van der Waals surface area contributed by atoms with Crippen molar-refractivity contribution in [2.45, 2.75) is 5.41 Å². The van der Waals surface area contributed by atoms with Gasteiger partial charge in [0.15, 0.2) is 5.82 Å². The lowest BCUT2D eigenvalue weighted by molar-refractivity contribution is 0.669. The Morgan fingerprint density at radius 2 is 0.985 bits per heavy atom. The molecule has 312 valence electrons. The van der Waals surface area contributed by atoms with E-state index >= 15 is 0 Å². The van der Waals surface area contributed by atoms with E-state index in [0.717, 1.165) is 77.6 Å². The van der Waals surface area contributed by atoms with Gasteiger partial charge in [-0.3, -0.25) is 0 Å². The molecule has 1 spiro atoms. The van der Waals surface area contributed by atoms with Crippen LogP contribution < -0.4 is 4.90 Å². The molecule has 14 rings (SSSR count). The van der Waals surface area contributed by atoms with Crippen molar-refractivity contribution in [2.24, 2.45) is 0 Å². The first-order valence-electron chi connectivity index (χ1n) is 22.8. The van der Waals surface area contributed by atoms with Gasteiger partial charge in [-0.1, -0.05) is 176 Å². The number of aromatic nitrogens is 3. The van der Waals surface area contributed by atoms with E-state index in [1.807, 2.05) is 18.2 Å². The Morgan fingerprint density at radius 1 is 0.373 bits per heavy atom. The average molecular weight is 855 g/mol. The van der Waals surface area contributed by atoms with Crippen LogP contribution in [0.1, 0.15) is 22.3 Å². The molecule has 5 heteroatoms. The fraction of sp³-hybridized carbons (Fsp3) is 0.0161. The zero-order valence-corrected chi connectivity index (χ0v) is 36.1. The highest BCUT2D eigenvalue weighted by Gasteiger charge is 2.52. The molecule has 2 aliphatic rings. The van der Waals surface area contributed by atoms with E-state index < -0.39 is 5.41 Å². The Balaban J connectivity index is 0.959. The molecule has 0 fully saturated rings. The van der Waals surface area contributed by atoms with E-state index in [-0.39, 0.29) is 0 Å². The molecular formula is C62H38N4O. The fourth-order valence-electron chi connectivity index (χ4n) is 11.2. The Bertz CT molecular complexity index is 3910. The predicted molar refractivity (Wildman–Crippen MR) is 272 cm³/mol. The SMILES string of the molecule is c1ccc(N2c3ccccc3C3(c4ccccc4-c4c(-c5cccc(-c6nnc(-c7cccc8ccccc78)c(-c7ccc8oc9ccccc9c8c7)n6)c5)cccc43)c3ccccc32)cc1. The van der Waals surface area contributed by atoms with Crippen LogP contribution in [0.25, 0.3) is 88.9 Å². The number of hydrogen-bond donors (Lipinski definition) is 0. The zero-order valence-electron chi connectivity index (χ0n) is 36.1. The Hall–Kier alpha value is -8.93. The van der Waals surface area contributed by atoms with Crippen LogP contribution in [-0.4, -0.2) is 15.2 Å². The second kappa shape index (κ2) is 14.5. The lowest BCUT2D eigenvalue weighted by Gasteiger charge is -2.45. The van der Waals surface area contributed by atoms with E-state index in [1.54, 1.807) is 0 Å². The molecule has 1 aliphatic heterocycles. The van der Waals surface area contributed by atoms with Crippen molar-refractivity contribution in [1.82, 2.24) is 15.2 Å². The van der Waals surface area contributed by atoms with Crippen molar-refractivity contribution in [3.05, 3.63) is 253 Å². The van der Waals surface area contributed by atoms with Gasteiger partial charge in [-0.15, -0.1) is 10.2 Å². The Morgan fingerprint density at radius 3 is 1.84 bits per heavy atom. The van der Waals surface area contributed by atoms with E-state index in [4.69, 9.17) is 19.6 Å². The highest BCUT2D eigenvalue weighted by Crippen LogP contribution is 2.64. The van der Waals surface area contributed by atoms with Crippen LogP contribution >= 0.6 is 0 Å². The number of furan rings is 1. The smallest absolute Gasteiger partial charge is 0.182 e. The molecule has 3 heterocycles. The minimum atomic E-state index is -0.557. The maximum Gasteiger partial charge on any atom is 0.182 e. The minimum Gasteiger partial charge on any atom is -0.456 e. The van der Waals surface area contributed by atoms with Crippen LogP contribution in [0.15, 0.2) is 235 Å². The van der Waals surface area contributed by atoms with Gasteiger partial charge in [-0.25, -0.2) is 4.98 Å². The maximum absolute atomic E-state index is 6.26. The summed E-state index contributed by atoms with van der Waals surface area (Å²) in [5, 5.41) is 14.3. The molecule has 2 aromatic heterocycles. The molecule has 0 saturated carbocycles. The van der Waals surface area contributed by atoms with Gasteiger partial charge in [0.25, 0.3) is 0 Å². The van der Waals surface area contributed by atoms with E-state index in [2.05, 4.69) is 217 Å². The Kier molecular flexibility index (Phi) is 8.13. The third-order valence-electron chi connectivity index (χ3n) is 14.0. The van der Waals surface area contributed by atoms with Crippen LogP contribution in [0.3, 0.4) is 0 Å². The maximum atomic E-state index is 6.26. The summed E-state index contributed by atoms with van der Waals surface area (Å²) in [6, 6.07) is 82.4. The highest BCUT2D eigenvalue weighted by molar-refractivity contribution is 6.07. The number of anilines is 3. The van der Waals surface area contributed by atoms with Crippen LogP contribution in [-0.2, 0) is 5.41 Å². The number of rotatable bonds is 5. The largest absolute Gasteiger partial charge is 0.456 e. The molecule has 5 nitrogen and oxygen atoms in total. The summed E-state index contributed by atoms with van der Waals surface area (Å²) < 4.78 is 6.26. The molecule has 1 aliphatic carbocycles. The van der Waals surface area contributed by atoms with E-state index in [0.29, 0.717) is 5.82 Å². The van der Waals surface area contributed by atoms with Gasteiger partial charge >= 0.3 is 0 Å². The van der Waals surface area contributed by atoms with Crippen molar-refractivity contribution >= 4 is 49.8 Å². The van der Waals surface area contributed by atoms with Gasteiger partial charge in [0, 0.05) is 33.2 Å². The van der Waals surface area contributed by atoms with Crippen molar-refractivity contribution in [1.29, 1.82) is 0 Å². The first-order chi connectivity index (χ1) is 33.2. The van der Waals surface area contributed by atoms with E-state index in [9.17, 15) is 0 Å². The summed E-state index contributed by atoms with van der Waals surface area (Å²) in [7, 11) is 0. The van der Waals surface area contributed by atoms with Gasteiger partial charge in [-0.05, 0) is 110 Å². The standard InChI is InChI=1S/C62H38N4O/c1-2-21-43(22-3-1)66-54-32-11-9-29-51(54)62(52-30-10-12-33-55(52)66)50-28-8-6-25-48(50)58-45(26-16-31-53(58)62)40-19-14-20-42(37-40)61-63-59(41-35-36-57-49(38-41)46-24-7-13-34-56(46)67-57)60(64-65-61)47-27-15-18-39-17-4-5-23-44(39)47/h1-38H. The second-order valence-corrected chi connectivity index (χ2v) is 17.5. The zero-order chi connectivity index (χ0) is 44.1. The quantitative estimate of drug-likeness (QED) is 0.173. The first kappa shape index (κ1) is 37.4. The molecule has 0 saturated heterocycles. The molecule has 0 unspecified atom stereocenters. The molecule has 0 N–H and O–H groups in total. The summed E-state index contributed by atoms with van der Waals surface area (Å²) in [5.74, 6) is 0.554. The highest BCUT2D eigenvalue weighted by atomic mass is 16.3. The summed E-state index contributed by atoms with van der Waals surface area (Å²) in [5.41, 5.74) is 18.7. The van der Waals surface area contributed by atoms with Crippen molar-refractivity contribution < 1.29 is 4.42 Å². The lowest BCUT2D eigenvalue weighted by Crippen LogP contribution is -2.36. The number of para-hydroxylation sites is 4. The topological polar surface area (TPSA) is 55.1 Å². The van der Waals surface area contributed by atoms with Gasteiger partial charge in [0.2, 0.25) is 0 Å². The van der Waals surface area contributed by atoms with Crippen molar-refractivity contribution in [3.63, 3.8) is 0 Å². The molecule has 10 aromatic carbocycles. The summed E-state index contributed by atoms with van der Waals surface area (Å²) in [6.07, 6.45) is 0. The fourth-order valence-corrected chi connectivity index (χ4v) is 11.2. The van der Waals surface area contributed by atoms with Gasteiger partial charge in [0.1, 0.15) is 22.6 Å². The third kappa shape index (κ3) is 5.46. The molecule has 0 bridgehead atoms. The average Bonchev–Trinajstić information content (AvgIpc) is 3.92. The normalized spacial score (nSPS) is 13.2. The third-order valence-corrected chi connectivity index (χ3v) is 14.0. The molecule has 0 radical (unpaired) electrons. The Labute approximate surface area is 386 Å². The second-order valence-electron chi connectivity index (χ2n) is 17.5. The number of benzene rings is 10. The molecule has 67 heavy (non-hydrogen) atoms. The number of fused-ring (bicyclic) bond motifs is 13. The molecule has 0 atom stereocenters. The van der Waals surface area contributed by atoms with Crippen molar-refractivity contribution in [2.75, 3.05) is 4.90 Å². The van der Waals surface area contributed by atoms with Gasteiger partial charge < -0.3 is 9.32 Å². The van der Waals surface area contributed by atoms with E-state index in [1.165, 1.54) is 44.8 Å². The van der Waals surface area contributed by atoms with Crippen LogP contribution in [0, 0.1) is 0 Å².